The van der Waals surface area contributed by atoms with E-state index in [4.69, 9.17) is 23.2 Å². The molecule has 2 heterocycles. The molecule has 220 valence electrons. The molecule has 1 saturated carbocycles. The molecule has 2 aliphatic heterocycles. The standard InChI is InChI=1S/C33H41Cl2N3O3/c1-22(39)37-17-14-26(15-18-37)33(41)38-19-16-31(28(21-38)27-12-13-29(34)30(35)20-27)36(2)32(40)25-10-8-24(9-11-25)23-6-4-3-5-7-23/h8-13,20,23,26,28,31H,3-7,14-19,21H2,1-2H3/t28-,31+/m0/s1. The molecule has 2 aromatic carbocycles. The zero-order valence-corrected chi connectivity index (χ0v) is 25.7. The van der Waals surface area contributed by atoms with Gasteiger partial charge in [0.25, 0.3) is 5.91 Å². The van der Waals surface area contributed by atoms with Gasteiger partial charge in [-0.05, 0) is 73.4 Å². The van der Waals surface area contributed by atoms with E-state index in [0.717, 1.165) is 5.56 Å². The van der Waals surface area contributed by atoms with E-state index in [0.29, 0.717) is 67.0 Å². The highest BCUT2D eigenvalue weighted by atomic mass is 35.5. The summed E-state index contributed by atoms with van der Waals surface area (Å²) in [4.78, 5) is 44.7. The van der Waals surface area contributed by atoms with E-state index >= 15 is 0 Å². The maximum absolute atomic E-state index is 13.7. The Bertz CT molecular complexity index is 1250. The van der Waals surface area contributed by atoms with Crippen LogP contribution in [0.1, 0.15) is 91.6 Å². The highest BCUT2D eigenvalue weighted by Gasteiger charge is 2.39. The zero-order chi connectivity index (χ0) is 29.1. The van der Waals surface area contributed by atoms with Gasteiger partial charge in [-0.1, -0.05) is 60.7 Å². The summed E-state index contributed by atoms with van der Waals surface area (Å²) in [7, 11) is 1.88. The van der Waals surface area contributed by atoms with Gasteiger partial charge in [0.2, 0.25) is 11.8 Å². The first-order valence-electron chi connectivity index (χ1n) is 15.1. The summed E-state index contributed by atoms with van der Waals surface area (Å²) in [5, 5.41) is 0.950. The Morgan fingerprint density at radius 2 is 1.41 bits per heavy atom. The van der Waals surface area contributed by atoms with Gasteiger partial charge < -0.3 is 14.7 Å². The molecule has 5 rings (SSSR count). The third-order valence-corrected chi connectivity index (χ3v) is 10.3. The maximum atomic E-state index is 13.7. The molecule has 41 heavy (non-hydrogen) atoms. The lowest BCUT2D eigenvalue weighted by Gasteiger charge is -2.44. The van der Waals surface area contributed by atoms with Crippen LogP contribution in [-0.2, 0) is 9.59 Å². The van der Waals surface area contributed by atoms with Crippen LogP contribution in [0.25, 0.3) is 0 Å². The van der Waals surface area contributed by atoms with Crippen molar-refractivity contribution < 1.29 is 14.4 Å². The average Bonchev–Trinajstić information content (AvgIpc) is 3.01. The molecule has 2 saturated heterocycles. The number of hydrogen-bond acceptors (Lipinski definition) is 3. The van der Waals surface area contributed by atoms with Crippen LogP contribution in [0, 0.1) is 5.92 Å². The number of benzene rings is 2. The van der Waals surface area contributed by atoms with Crippen LogP contribution in [0.15, 0.2) is 42.5 Å². The topological polar surface area (TPSA) is 60.9 Å². The van der Waals surface area contributed by atoms with Crippen LogP contribution in [0.4, 0.5) is 0 Å². The number of likely N-dealkylation sites (N-methyl/N-ethyl adjacent to an activating group) is 1. The number of likely N-dealkylation sites (tertiary alicyclic amines) is 2. The van der Waals surface area contributed by atoms with Crippen molar-refractivity contribution in [3.63, 3.8) is 0 Å². The SMILES string of the molecule is CC(=O)N1CCC(C(=O)N2CC[C@@H](N(C)C(=O)c3ccc(C4CCCCC4)cc3)[C@H](c3ccc(Cl)c(Cl)c3)C2)CC1. The van der Waals surface area contributed by atoms with E-state index < -0.39 is 0 Å². The van der Waals surface area contributed by atoms with Gasteiger partial charge in [0.15, 0.2) is 0 Å². The molecule has 8 heteroatoms. The van der Waals surface area contributed by atoms with Gasteiger partial charge in [0, 0.05) is 63.6 Å². The quantitative estimate of drug-likeness (QED) is 0.382. The second-order valence-corrected chi connectivity index (χ2v) is 12.9. The summed E-state index contributed by atoms with van der Waals surface area (Å²) in [6, 6.07) is 13.7. The third kappa shape index (κ3) is 6.75. The van der Waals surface area contributed by atoms with Gasteiger partial charge >= 0.3 is 0 Å². The van der Waals surface area contributed by atoms with Crippen molar-refractivity contribution in [1.82, 2.24) is 14.7 Å². The Morgan fingerprint density at radius 3 is 2.05 bits per heavy atom. The minimum atomic E-state index is -0.102. The Kier molecular flexibility index (Phi) is 9.60. The molecule has 0 bridgehead atoms. The van der Waals surface area contributed by atoms with Gasteiger partial charge in [-0.15, -0.1) is 0 Å². The van der Waals surface area contributed by atoms with Crippen molar-refractivity contribution in [1.29, 1.82) is 0 Å². The number of nitrogens with zero attached hydrogens (tertiary/aromatic N) is 3. The lowest BCUT2D eigenvalue weighted by molar-refractivity contribution is -0.141. The van der Waals surface area contributed by atoms with Gasteiger partial charge in [0.1, 0.15) is 0 Å². The molecule has 0 aromatic heterocycles. The van der Waals surface area contributed by atoms with Crippen LogP contribution in [0.3, 0.4) is 0 Å². The summed E-state index contributed by atoms with van der Waals surface area (Å²) in [6.45, 7) is 3.92. The first-order valence-corrected chi connectivity index (χ1v) is 15.8. The zero-order valence-electron chi connectivity index (χ0n) is 24.2. The van der Waals surface area contributed by atoms with E-state index in [2.05, 4.69) is 12.1 Å². The molecule has 3 fully saturated rings. The predicted octanol–water partition coefficient (Wildman–Crippen LogP) is 6.76. The lowest BCUT2D eigenvalue weighted by Crippen LogP contribution is -2.53. The van der Waals surface area contributed by atoms with Crippen LogP contribution in [-0.4, -0.2) is 71.7 Å². The Hall–Kier alpha value is -2.57. The van der Waals surface area contributed by atoms with E-state index in [1.807, 2.05) is 46.0 Å². The van der Waals surface area contributed by atoms with E-state index in [1.54, 1.807) is 13.0 Å². The van der Waals surface area contributed by atoms with Crippen LogP contribution in [0.2, 0.25) is 10.0 Å². The average molecular weight is 599 g/mol. The largest absolute Gasteiger partial charge is 0.343 e. The normalized spacial score (nSPS) is 22.4. The Labute approximate surface area is 254 Å². The summed E-state index contributed by atoms with van der Waals surface area (Å²) < 4.78 is 0. The van der Waals surface area contributed by atoms with Crippen molar-refractivity contribution in [2.24, 2.45) is 5.92 Å². The molecule has 0 N–H and O–H groups in total. The summed E-state index contributed by atoms with van der Waals surface area (Å²) in [5.41, 5.74) is 3.00. The molecular weight excluding hydrogens is 557 g/mol. The molecular formula is C33H41Cl2N3O3. The predicted molar refractivity (Wildman–Crippen MR) is 164 cm³/mol. The van der Waals surface area contributed by atoms with Gasteiger partial charge in [-0.2, -0.15) is 0 Å². The smallest absolute Gasteiger partial charge is 0.253 e. The first-order chi connectivity index (χ1) is 19.7. The summed E-state index contributed by atoms with van der Waals surface area (Å²) in [6.07, 6.45) is 8.38. The van der Waals surface area contributed by atoms with Crippen molar-refractivity contribution in [2.75, 3.05) is 33.2 Å². The summed E-state index contributed by atoms with van der Waals surface area (Å²) in [5.74, 6) is 0.610. The number of hydrogen-bond donors (Lipinski definition) is 0. The van der Waals surface area contributed by atoms with Gasteiger partial charge in [-0.3, -0.25) is 14.4 Å². The number of amides is 3. The summed E-state index contributed by atoms with van der Waals surface area (Å²) >= 11 is 12.7. The third-order valence-electron chi connectivity index (χ3n) is 9.60. The number of piperidine rings is 2. The fraction of sp³-hybridized carbons (Fsp3) is 0.545. The molecule has 0 unspecified atom stereocenters. The van der Waals surface area contributed by atoms with E-state index in [9.17, 15) is 14.4 Å². The lowest BCUT2D eigenvalue weighted by atomic mass is 9.83. The highest BCUT2D eigenvalue weighted by molar-refractivity contribution is 6.42. The van der Waals surface area contributed by atoms with E-state index in [-0.39, 0.29) is 35.6 Å². The van der Waals surface area contributed by atoms with Crippen molar-refractivity contribution in [3.05, 3.63) is 69.2 Å². The minimum Gasteiger partial charge on any atom is -0.343 e. The van der Waals surface area contributed by atoms with Crippen LogP contribution in [0.5, 0.6) is 0 Å². The van der Waals surface area contributed by atoms with E-state index in [1.165, 1.54) is 37.7 Å². The molecule has 0 spiro atoms. The van der Waals surface area contributed by atoms with Gasteiger partial charge in [-0.25, -0.2) is 0 Å². The molecule has 3 amide bonds. The second kappa shape index (κ2) is 13.2. The monoisotopic (exact) mass is 597 g/mol. The number of carbonyl (C=O) groups is 3. The van der Waals surface area contributed by atoms with Crippen molar-refractivity contribution in [3.8, 4) is 0 Å². The molecule has 2 atom stereocenters. The van der Waals surface area contributed by atoms with Crippen molar-refractivity contribution in [2.45, 2.75) is 76.2 Å². The molecule has 1 aliphatic carbocycles. The molecule has 2 aromatic rings. The van der Waals surface area contributed by atoms with Gasteiger partial charge in [0.05, 0.1) is 10.0 Å². The first kappa shape index (κ1) is 29.9. The molecule has 6 nitrogen and oxygen atoms in total. The molecule has 0 radical (unpaired) electrons. The Morgan fingerprint density at radius 1 is 0.780 bits per heavy atom. The number of halogens is 2. The molecule has 3 aliphatic rings. The second-order valence-electron chi connectivity index (χ2n) is 12.1. The fourth-order valence-electron chi connectivity index (χ4n) is 7.06. The number of carbonyl (C=O) groups excluding carboxylic acids is 3. The fourth-order valence-corrected chi connectivity index (χ4v) is 7.37. The maximum Gasteiger partial charge on any atom is 0.253 e. The van der Waals surface area contributed by atoms with Crippen LogP contribution < -0.4 is 0 Å². The minimum absolute atomic E-state index is 0.00774. The number of rotatable bonds is 5. The van der Waals surface area contributed by atoms with Crippen LogP contribution >= 0.6 is 23.2 Å². The van der Waals surface area contributed by atoms with Crippen molar-refractivity contribution >= 4 is 40.9 Å². The Balaban J connectivity index is 1.32. The highest BCUT2D eigenvalue weighted by Crippen LogP contribution is 2.36.